The highest BCUT2D eigenvalue weighted by atomic mass is 32.2. The Kier molecular flexibility index (Phi) is 6.16. The molecule has 1 unspecified atom stereocenters. The van der Waals surface area contributed by atoms with Crippen molar-refractivity contribution in [1.29, 1.82) is 0 Å². The molecule has 1 N–H and O–H groups in total. The Morgan fingerprint density at radius 2 is 1.89 bits per heavy atom. The van der Waals surface area contributed by atoms with Crippen LogP contribution in [0.1, 0.15) is 35.7 Å². The van der Waals surface area contributed by atoms with Crippen LogP contribution in [0.4, 0.5) is 5.69 Å². The number of benzene rings is 2. The van der Waals surface area contributed by atoms with Crippen molar-refractivity contribution >= 4 is 21.6 Å². The fourth-order valence-corrected chi connectivity index (χ4v) is 4.97. The van der Waals surface area contributed by atoms with E-state index >= 15 is 0 Å². The highest BCUT2D eigenvalue weighted by Crippen LogP contribution is 2.24. The zero-order valence-corrected chi connectivity index (χ0v) is 16.4. The first-order chi connectivity index (χ1) is 13.0. The summed E-state index contributed by atoms with van der Waals surface area (Å²) < 4.78 is 26.0. The molecule has 0 aromatic heterocycles. The van der Waals surface area contributed by atoms with Crippen LogP contribution >= 0.6 is 0 Å². The van der Waals surface area contributed by atoms with Gasteiger partial charge in [0.25, 0.3) is 5.91 Å². The van der Waals surface area contributed by atoms with Gasteiger partial charge < -0.3 is 5.32 Å². The molecule has 3 rings (SSSR count). The van der Waals surface area contributed by atoms with Gasteiger partial charge in [0.2, 0.25) is 10.0 Å². The fourth-order valence-electron chi connectivity index (χ4n) is 3.34. The van der Waals surface area contributed by atoms with Gasteiger partial charge in [-0.1, -0.05) is 43.3 Å². The molecule has 0 saturated carbocycles. The maximum atomic E-state index is 12.5. The third-order valence-corrected chi connectivity index (χ3v) is 6.65. The number of nitrogens with one attached hydrogen (secondary N) is 1. The Hall–Kier alpha value is -2.34. The van der Waals surface area contributed by atoms with Crippen LogP contribution in [0.5, 0.6) is 0 Å². The van der Waals surface area contributed by atoms with Crippen LogP contribution in [0.15, 0.2) is 54.6 Å². The molecular formula is C21H26N2O3S. The van der Waals surface area contributed by atoms with Gasteiger partial charge in [0.15, 0.2) is 0 Å². The Morgan fingerprint density at radius 1 is 1.11 bits per heavy atom. The molecule has 2 aromatic carbocycles. The summed E-state index contributed by atoms with van der Waals surface area (Å²) in [7, 11) is -3.28. The lowest BCUT2D eigenvalue weighted by Crippen LogP contribution is -2.38. The molecule has 144 valence electrons. The molecular weight excluding hydrogens is 360 g/mol. The molecule has 0 aliphatic carbocycles. The van der Waals surface area contributed by atoms with Crippen LogP contribution in [-0.2, 0) is 16.4 Å². The van der Waals surface area contributed by atoms with Gasteiger partial charge in [-0.15, -0.1) is 0 Å². The van der Waals surface area contributed by atoms with Crippen LogP contribution in [-0.4, -0.2) is 33.2 Å². The normalized spacial score (nSPS) is 17.3. The molecule has 0 radical (unpaired) electrons. The topological polar surface area (TPSA) is 66.5 Å². The largest absolute Gasteiger partial charge is 0.352 e. The summed E-state index contributed by atoms with van der Waals surface area (Å²) in [4.78, 5) is 12.5. The summed E-state index contributed by atoms with van der Waals surface area (Å²) in [5.74, 6) is 0.300. The van der Waals surface area contributed by atoms with Gasteiger partial charge in [-0.2, -0.15) is 0 Å². The van der Waals surface area contributed by atoms with Crippen LogP contribution in [0.25, 0.3) is 0 Å². The summed E-state index contributed by atoms with van der Waals surface area (Å²) in [6.45, 7) is 3.14. The maximum absolute atomic E-state index is 12.5. The SMILES string of the molecule is CC(CNC(=O)c1cccc(N2CCCCS2(=O)=O)c1)Cc1ccccc1. The summed E-state index contributed by atoms with van der Waals surface area (Å²) in [6.07, 6.45) is 2.43. The first-order valence-corrected chi connectivity index (χ1v) is 11.0. The highest BCUT2D eigenvalue weighted by molar-refractivity contribution is 7.92. The van der Waals surface area contributed by atoms with Gasteiger partial charge in [0.1, 0.15) is 0 Å². The Bertz CT molecular complexity index is 881. The van der Waals surface area contributed by atoms with Crippen molar-refractivity contribution in [1.82, 2.24) is 5.32 Å². The zero-order valence-electron chi connectivity index (χ0n) is 15.6. The van der Waals surface area contributed by atoms with E-state index in [2.05, 4.69) is 24.4 Å². The van der Waals surface area contributed by atoms with Crippen LogP contribution in [0, 0.1) is 5.92 Å². The summed E-state index contributed by atoms with van der Waals surface area (Å²) >= 11 is 0. The lowest BCUT2D eigenvalue weighted by atomic mass is 10.0. The van der Waals surface area contributed by atoms with E-state index in [-0.39, 0.29) is 11.7 Å². The van der Waals surface area contributed by atoms with Crippen molar-refractivity contribution in [2.24, 2.45) is 5.92 Å². The van der Waals surface area contributed by atoms with Gasteiger partial charge in [0.05, 0.1) is 11.4 Å². The number of sulfonamides is 1. The molecule has 1 amide bonds. The standard InChI is InChI=1S/C21H26N2O3S/c1-17(14-18-8-3-2-4-9-18)16-22-21(24)19-10-7-11-20(15-19)23-12-5-6-13-27(23,25)26/h2-4,7-11,15,17H,5-6,12-14,16H2,1H3,(H,22,24). The minimum absolute atomic E-state index is 0.167. The predicted molar refractivity (Wildman–Crippen MR) is 108 cm³/mol. The summed E-state index contributed by atoms with van der Waals surface area (Å²) in [5, 5.41) is 2.96. The Morgan fingerprint density at radius 3 is 2.63 bits per heavy atom. The minimum Gasteiger partial charge on any atom is -0.352 e. The number of amides is 1. The second-order valence-corrected chi connectivity index (χ2v) is 9.16. The fraction of sp³-hybridized carbons (Fsp3) is 0.381. The van der Waals surface area contributed by atoms with Crippen molar-refractivity contribution in [3.8, 4) is 0 Å². The van der Waals surface area contributed by atoms with Gasteiger partial charge in [-0.3, -0.25) is 9.10 Å². The van der Waals surface area contributed by atoms with Crippen LogP contribution in [0.2, 0.25) is 0 Å². The lowest BCUT2D eigenvalue weighted by molar-refractivity contribution is 0.0948. The molecule has 1 saturated heterocycles. The number of nitrogens with zero attached hydrogens (tertiary/aromatic N) is 1. The van der Waals surface area contributed by atoms with E-state index in [1.807, 2.05) is 18.2 Å². The average Bonchev–Trinajstić information content (AvgIpc) is 2.66. The highest BCUT2D eigenvalue weighted by Gasteiger charge is 2.26. The molecule has 1 fully saturated rings. The number of rotatable bonds is 6. The van der Waals surface area contributed by atoms with Gasteiger partial charge >= 0.3 is 0 Å². The van der Waals surface area contributed by atoms with E-state index in [9.17, 15) is 13.2 Å². The van der Waals surface area contributed by atoms with Gasteiger partial charge in [0, 0.05) is 18.7 Å². The van der Waals surface area contributed by atoms with Crippen molar-refractivity contribution in [2.75, 3.05) is 23.1 Å². The number of carbonyl (C=O) groups excluding carboxylic acids is 1. The third-order valence-electron chi connectivity index (χ3n) is 4.78. The predicted octanol–water partition coefficient (Wildman–Crippen LogP) is 3.23. The monoisotopic (exact) mass is 386 g/mol. The van der Waals surface area contributed by atoms with Crippen molar-refractivity contribution < 1.29 is 13.2 Å². The maximum Gasteiger partial charge on any atom is 0.251 e. The second kappa shape index (κ2) is 8.57. The molecule has 1 atom stereocenters. The van der Waals surface area contributed by atoms with E-state index in [4.69, 9.17) is 0 Å². The molecule has 5 nitrogen and oxygen atoms in total. The summed E-state index contributed by atoms with van der Waals surface area (Å²) in [5.41, 5.74) is 2.30. The molecule has 2 aromatic rings. The zero-order chi connectivity index (χ0) is 19.3. The van der Waals surface area contributed by atoms with Crippen LogP contribution in [0.3, 0.4) is 0 Å². The molecule has 1 aliphatic heterocycles. The molecule has 0 bridgehead atoms. The van der Waals surface area contributed by atoms with Crippen molar-refractivity contribution in [3.63, 3.8) is 0 Å². The molecule has 1 aliphatic rings. The number of hydrogen-bond acceptors (Lipinski definition) is 3. The molecule has 1 heterocycles. The van der Waals surface area contributed by atoms with E-state index in [0.29, 0.717) is 36.7 Å². The Balaban J connectivity index is 1.62. The second-order valence-electron chi connectivity index (χ2n) is 7.15. The third kappa shape index (κ3) is 5.10. The first-order valence-electron chi connectivity index (χ1n) is 9.38. The van der Waals surface area contributed by atoms with E-state index in [1.54, 1.807) is 24.3 Å². The minimum atomic E-state index is -3.28. The number of carbonyl (C=O) groups is 1. The van der Waals surface area contributed by atoms with Gasteiger partial charge in [-0.05, 0) is 48.9 Å². The number of anilines is 1. The Labute approximate surface area is 161 Å². The smallest absolute Gasteiger partial charge is 0.251 e. The van der Waals surface area contributed by atoms with Crippen molar-refractivity contribution in [3.05, 3.63) is 65.7 Å². The molecule has 0 spiro atoms. The molecule has 27 heavy (non-hydrogen) atoms. The van der Waals surface area contributed by atoms with Crippen molar-refractivity contribution in [2.45, 2.75) is 26.2 Å². The first kappa shape index (κ1) is 19.4. The lowest BCUT2D eigenvalue weighted by Gasteiger charge is -2.28. The summed E-state index contributed by atoms with van der Waals surface area (Å²) in [6, 6.07) is 17.1. The van der Waals surface area contributed by atoms with Gasteiger partial charge in [-0.25, -0.2) is 8.42 Å². The average molecular weight is 387 g/mol. The van der Waals surface area contributed by atoms with E-state index < -0.39 is 10.0 Å². The van der Waals surface area contributed by atoms with E-state index in [1.165, 1.54) is 9.87 Å². The van der Waals surface area contributed by atoms with Crippen LogP contribution < -0.4 is 9.62 Å². The quantitative estimate of drug-likeness (QED) is 0.829. The van der Waals surface area contributed by atoms with E-state index in [0.717, 1.165) is 12.8 Å². The number of hydrogen-bond donors (Lipinski definition) is 1. The molecule has 6 heteroatoms.